The van der Waals surface area contributed by atoms with Gasteiger partial charge >= 0.3 is 0 Å². The number of amides is 1. The second kappa shape index (κ2) is 8.77. The summed E-state index contributed by atoms with van der Waals surface area (Å²) in [5.74, 6) is 0.983. The molecule has 2 aromatic rings. The lowest BCUT2D eigenvalue weighted by atomic mass is 10.1. The molecule has 4 nitrogen and oxygen atoms in total. The lowest BCUT2D eigenvalue weighted by Gasteiger charge is -2.20. The maximum absolute atomic E-state index is 12.5. The quantitative estimate of drug-likeness (QED) is 0.687. The van der Waals surface area contributed by atoms with Crippen LogP contribution in [0.25, 0.3) is 0 Å². The molecule has 5 heteroatoms. The molecule has 0 aliphatic heterocycles. The Balaban J connectivity index is 1.95. The van der Waals surface area contributed by atoms with Gasteiger partial charge in [-0.05, 0) is 31.0 Å². The average molecular weight is 331 g/mol. The zero-order valence-corrected chi connectivity index (χ0v) is 15.0. The van der Waals surface area contributed by atoms with E-state index < -0.39 is 0 Å². The van der Waals surface area contributed by atoms with Gasteiger partial charge in [-0.1, -0.05) is 37.2 Å². The summed E-state index contributed by atoms with van der Waals surface area (Å²) in [6.07, 6.45) is 5.91. The fourth-order valence-corrected chi connectivity index (χ4v) is 3.21. The molecule has 0 fully saturated rings. The van der Waals surface area contributed by atoms with Gasteiger partial charge in [0.1, 0.15) is 0 Å². The number of aryl methyl sites for hydroxylation is 1. The number of imidazole rings is 1. The highest BCUT2D eigenvalue weighted by molar-refractivity contribution is 7.98. The molecule has 0 N–H and O–H groups in total. The van der Waals surface area contributed by atoms with E-state index in [9.17, 15) is 4.79 Å². The Hall–Kier alpha value is -1.75. The molecule has 0 radical (unpaired) electrons. The van der Waals surface area contributed by atoms with E-state index in [1.165, 1.54) is 5.56 Å². The molecule has 0 spiro atoms. The SMILES string of the molecule is CCCCN(CC)C(=O)c1ccc(CSc2nccn2C)cc1. The molecule has 1 aromatic heterocycles. The maximum atomic E-state index is 12.5. The molecule has 23 heavy (non-hydrogen) atoms. The number of carbonyl (C=O) groups excluding carboxylic acids is 1. The van der Waals surface area contributed by atoms with Crippen LogP contribution in [0, 0.1) is 0 Å². The highest BCUT2D eigenvalue weighted by atomic mass is 32.2. The lowest BCUT2D eigenvalue weighted by molar-refractivity contribution is 0.0762. The van der Waals surface area contributed by atoms with Gasteiger partial charge in [-0.25, -0.2) is 4.98 Å². The summed E-state index contributed by atoms with van der Waals surface area (Å²) < 4.78 is 2.01. The van der Waals surface area contributed by atoms with Gasteiger partial charge < -0.3 is 9.47 Å². The molecular formula is C18H25N3OS. The first kappa shape index (κ1) is 17.6. The summed E-state index contributed by atoms with van der Waals surface area (Å²) in [7, 11) is 1.99. The predicted molar refractivity (Wildman–Crippen MR) is 95.7 cm³/mol. The molecule has 124 valence electrons. The Morgan fingerprint density at radius 1 is 1.26 bits per heavy atom. The van der Waals surface area contributed by atoms with Gasteiger partial charge in [-0.3, -0.25) is 4.79 Å². The Morgan fingerprint density at radius 3 is 2.57 bits per heavy atom. The normalized spacial score (nSPS) is 10.7. The maximum Gasteiger partial charge on any atom is 0.253 e. The van der Waals surface area contributed by atoms with Crippen molar-refractivity contribution >= 4 is 17.7 Å². The van der Waals surface area contributed by atoms with Crippen LogP contribution in [0.2, 0.25) is 0 Å². The summed E-state index contributed by atoms with van der Waals surface area (Å²) in [5.41, 5.74) is 1.97. The minimum absolute atomic E-state index is 0.129. The second-order valence-electron chi connectivity index (χ2n) is 5.54. The molecule has 0 saturated carbocycles. The predicted octanol–water partition coefficient (Wildman–Crippen LogP) is 3.97. The van der Waals surface area contributed by atoms with E-state index in [-0.39, 0.29) is 5.91 Å². The largest absolute Gasteiger partial charge is 0.339 e. The number of unbranched alkanes of at least 4 members (excludes halogenated alkanes) is 1. The Kier molecular flexibility index (Phi) is 6.71. The molecule has 0 saturated heterocycles. The van der Waals surface area contributed by atoms with Crippen molar-refractivity contribution in [2.75, 3.05) is 13.1 Å². The van der Waals surface area contributed by atoms with Crippen molar-refractivity contribution in [1.29, 1.82) is 0 Å². The molecule has 0 aliphatic rings. The highest BCUT2D eigenvalue weighted by Crippen LogP contribution is 2.21. The topological polar surface area (TPSA) is 38.1 Å². The van der Waals surface area contributed by atoms with Crippen LogP contribution in [-0.2, 0) is 12.8 Å². The van der Waals surface area contributed by atoms with Crippen LogP contribution >= 0.6 is 11.8 Å². The molecule has 1 heterocycles. The van der Waals surface area contributed by atoms with Crippen LogP contribution < -0.4 is 0 Å². The Bertz CT molecular complexity index is 621. The molecule has 1 aromatic carbocycles. The van der Waals surface area contributed by atoms with Crippen molar-refractivity contribution in [1.82, 2.24) is 14.5 Å². The number of benzene rings is 1. The van der Waals surface area contributed by atoms with Crippen molar-refractivity contribution in [2.24, 2.45) is 7.05 Å². The minimum Gasteiger partial charge on any atom is -0.339 e. The summed E-state index contributed by atoms with van der Waals surface area (Å²) in [4.78, 5) is 18.7. The Labute approximate surface area is 142 Å². The van der Waals surface area contributed by atoms with E-state index in [1.54, 1.807) is 18.0 Å². The van der Waals surface area contributed by atoms with E-state index in [0.717, 1.165) is 42.4 Å². The van der Waals surface area contributed by atoms with Crippen molar-refractivity contribution in [3.63, 3.8) is 0 Å². The van der Waals surface area contributed by atoms with Gasteiger partial charge in [0.25, 0.3) is 5.91 Å². The summed E-state index contributed by atoms with van der Waals surface area (Å²) >= 11 is 1.70. The first-order valence-electron chi connectivity index (χ1n) is 8.14. The number of nitrogens with zero attached hydrogens (tertiary/aromatic N) is 3. The summed E-state index contributed by atoms with van der Waals surface area (Å²) in [6, 6.07) is 7.95. The zero-order valence-electron chi connectivity index (χ0n) is 14.2. The molecular weight excluding hydrogens is 306 g/mol. The first-order valence-corrected chi connectivity index (χ1v) is 9.12. The van der Waals surface area contributed by atoms with Crippen LogP contribution in [0.15, 0.2) is 41.8 Å². The number of carbonyl (C=O) groups is 1. The van der Waals surface area contributed by atoms with Crippen molar-refractivity contribution in [3.8, 4) is 0 Å². The first-order chi connectivity index (χ1) is 11.2. The van der Waals surface area contributed by atoms with E-state index in [2.05, 4.69) is 11.9 Å². The highest BCUT2D eigenvalue weighted by Gasteiger charge is 2.13. The smallest absolute Gasteiger partial charge is 0.253 e. The fourth-order valence-electron chi connectivity index (χ4n) is 2.32. The number of hydrogen-bond acceptors (Lipinski definition) is 3. The van der Waals surface area contributed by atoms with Crippen LogP contribution in [0.1, 0.15) is 42.6 Å². The van der Waals surface area contributed by atoms with Crippen molar-refractivity contribution in [3.05, 3.63) is 47.8 Å². The van der Waals surface area contributed by atoms with Gasteiger partial charge in [0.05, 0.1) is 0 Å². The van der Waals surface area contributed by atoms with Crippen LogP contribution in [0.4, 0.5) is 0 Å². The molecule has 0 atom stereocenters. The van der Waals surface area contributed by atoms with Gasteiger partial charge in [-0.2, -0.15) is 0 Å². The Morgan fingerprint density at radius 2 is 2.00 bits per heavy atom. The van der Waals surface area contributed by atoms with Crippen LogP contribution in [-0.4, -0.2) is 33.4 Å². The van der Waals surface area contributed by atoms with E-state index in [0.29, 0.717) is 0 Å². The molecule has 0 unspecified atom stereocenters. The summed E-state index contributed by atoms with van der Waals surface area (Å²) in [6.45, 7) is 5.77. The van der Waals surface area contributed by atoms with Gasteiger partial charge in [0.15, 0.2) is 5.16 Å². The zero-order chi connectivity index (χ0) is 16.7. The summed E-state index contributed by atoms with van der Waals surface area (Å²) in [5, 5.41) is 1.00. The molecule has 2 rings (SSSR count). The number of hydrogen-bond donors (Lipinski definition) is 0. The fraction of sp³-hybridized carbons (Fsp3) is 0.444. The lowest BCUT2D eigenvalue weighted by Crippen LogP contribution is -2.31. The van der Waals surface area contributed by atoms with E-state index >= 15 is 0 Å². The molecule has 0 aliphatic carbocycles. The van der Waals surface area contributed by atoms with Gasteiger partial charge in [0, 0.05) is 43.8 Å². The third-order valence-electron chi connectivity index (χ3n) is 3.80. The number of thioether (sulfide) groups is 1. The standard InChI is InChI=1S/C18H25N3OS/c1-4-6-12-21(5-2)17(22)16-9-7-15(8-10-16)14-23-18-19-11-13-20(18)3/h7-11,13H,4-6,12,14H2,1-3H3. The molecule has 0 bridgehead atoms. The van der Waals surface area contributed by atoms with Gasteiger partial charge in [0.2, 0.25) is 0 Å². The van der Waals surface area contributed by atoms with E-state index in [4.69, 9.17) is 0 Å². The average Bonchev–Trinajstić information content (AvgIpc) is 2.99. The third kappa shape index (κ3) is 4.86. The van der Waals surface area contributed by atoms with Gasteiger partial charge in [-0.15, -0.1) is 0 Å². The molecule has 1 amide bonds. The number of rotatable bonds is 8. The minimum atomic E-state index is 0.129. The van der Waals surface area contributed by atoms with Crippen LogP contribution in [0.3, 0.4) is 0 Å². The van der Waals surface area contributed by atoms with Crippen LogP contribution in [0.5, 0.6) is 0 Å². The van der Waals surface area contributed by atoms with E-state index in [1.807, 2.05) is 53.9 Å². The monoisotopic (exact) mass is 331 g/mol. The third-order valence-corrected chi connectivity index (χ3v) is 4.93. The van der Waals surface area contributed by atoms with Crippen molar-refractivity contribution in [2.45, 2.75) is 37.6 Å². The van der Waals surface area contributed by atoms with Crippen molar-refractivity contribution < 1.29 is 4.79 Å². The second-order valence-corrected chi connectivity index (χ2v) is 6.49. The number of aromatic nitrogens is 2.